The van der Waals surface area contributed by atoms with Crippen LogP contribution in [0.2, 0.25) is 0 Å². The first-order valence-corrected chi connectivity index (χ1v) is 6.72. The van der Waals surface area contributed by atoms with E-state index < -0.39 is 5.82 Å². The summed E-state index contributed by atoms with van der Waals surface area (Å²) < 4.78 is 19.7. The number of nitrogens with zero attached hydrogens (tertiary/aromatic N) is 2. The van der Waals surface area contributed by atoms with Crippen LogP contribution in [-0.4, -0.2) is 35.5 Å². The monoisotopic (exact) mass is 282 g/mol. The van der Waals surface area contributed by atoms with Crippen LogP contribution in [0.1, 0.15) is 38.8 Å². The summed E-state index contributed by atoms with van der Waals surface area (Å²) in [5, 5.41) is 11.7. The number of rotatable bonds is 6. The summed E-state index contributed by atoms with van der Waals surface area (Å²) >= 11 is 0. The summed E-state index contributed by atoms with van der Waals surface area (Å²) in [6.07, 6.45) is 1.11. The third-order valence-corrected chi connectivity index (χ3v) is 3.10. The van der Waals surface area contributed by atoms with Crippen LogP contribution in [0.25, 0.3) is 0 Å². The first-order valence-electron chi connectivity index (χ1n) is 6.72. The van der Waals surface area contributed by atoms with Crippen molar-refractivity contribution in [2.24, 2.45) is 5.16 Å². The Balaban J connectivity index is 3.27. The van der Waals surface area contributed by atoms with E-state index in [-0.39, 0.29) is 11.7 Å². The molecule has 1 rings (SSSR count). The molecule has 1 aromatic carbocycles. The number of hydrogen-bond acceptors (Lipinski definition) is 4. The van der Waals surface area contributed by atoms with Crippen molar-refractivity contribution in [1.29, 1.82) is 0 Å². The third kappa shape index (κ3) is 4.20. The highest BCUT2D eigenvalue weighted by molar-refractivity contribution is 5.82. The minimum absolute atomic E-state index is 0.0116. The number of halogens is 1. The van der Waals surface area contributed by atoms with Gasteiger partial charge in [0, 0.05) is 23.7 Å². The highest BCUT2D eigenvalue weighted by Crippen LogP contribution is 2.27. The Morgan fingerprint density at radius 3 is 2.50 bits per heavy atom. The van der Waals surface area contributed by atoms with E-state index in [0.29, 0.717) is 23.9 Å². The van der Waals surface area contributed by atoms with Crippen LogP contribution < -0.4 is 4.74 Å². The summed E-state index contributed by atoms with van der Waals surface area (Å²) in [5.74, 6) is 0.190. The Kier molecular flexibility index (Phi) is 5.95. The van der Waals surface area contributed by atoms with Gasteiger partial charge in [0.15, 0.2) is 0 Å². The lowest BCUT2D eigenvalue weighted by atomic mass is 10.1. The molecule has 112 valence electrons. The minimum Gasteiger partial charge on any atom is -0.491 e. The Labute approximate surface area is 119 Å². The first kappa shape index (κ1) is 16.4. The van der Waals surface area contributed by atoms with Crippen LogP contribution in [0.4, 0.5) is 4.39 Å². The van der Waals surface area contributed by atoms with Crippen molar-refractivity contribution >= 4 is 6.21 Å². The molecule has 0 saturated heterocycles. The number of benzene rings is 1. The van der Waals surface area contributed by atoms with Crippen molar-refractivity contribution in [3.05, 3.63) is 29.1 Å². The highest BCUT2D eigenvalue weighted by atomic mass is 19.1. The Hall–Kier alpha value is -1.62. The molecule has 0 bridgehead atoms. The van der Waals surface area contributed by atoms with Crippen molar-refractivity contribution in [3.63, 3.8) is 0 Å². The van der Waals surface area contributed by atoms with Gasteiger partial charge in [0.25, 0.3) is 0 Å². The molecule has 0 aliphatic rings. The minimum atomic E-state index is -0.425. The second-order valence-electron chi connectivity index (χ2n) is 5.36. The Bertz CT molecular complexity index is 473. The van der Waals surface area contributed by atoms with Gasteiger partial charge < -0.3 is 9.94 Å². The second kappa shape index (κ2) is 7.24. The maximum atomic E-state index is 13.9. The highest BCUT2D eigenvalue weighted by Gasteiger charge is 2.17. The molecule has 0 atom stereocenters. The van der Waals surface area contributed by atoms with Crippen LogP contribution in [-0.2, 0) is 6.54 Å². The van der Waals surface area contributed by atoms with Crippen molar-refractivity contribution in [2.75, 3.05) is 7.05 Å². The summed E-state index contributed by atoms with van der Waals surface area (Å²) in [4.78, 5) is 2.07. The molecule has 20 heavy (non-hydrogen) atoms. The lowest BCUT2D eigenvalue weighted by Gasteiger charge is -2.24. The van der Waals surface area contributed by atoms with Gasteiger partial charge in [0.2, 0.25) is 0 Å². The summed E-state index contributed by atoms with van der Waals surface area (Å²) in [6, 6.07) is 3.25. The van der Waals surface area contributed by atoms with Crippen molar-refractivity contribution in [3.8, 4) is 5.75 Å². The maximum Gasteiger partial charge on any atom is 0.132 e. The van der Waals surface area contributed by atoms with E-state index >= 15 is 0 Å². The van der Waals surface area contributed by atoms with E-state index in [0.717, 1.165) is 6.21 Å². The van der Waals surface area contributed by atoms with Crippen LogP contribution in [0.5, 0.6) is 5.75 Å². The number of hydrogen-bond donors (Lipinski definition) is 1. The fraction of sp³-hybridized carbons (Fsp3) is 0.533. The summed E-state index contributed by atoms with van der Waals surface area (Å²) in [5.41, 5.74) is 0.950. The maximum absolute atomic E-state index is 13.9. The van der Waals surface area contributed by atoms with Gasteiger partial charge in [-0.1, -0.05) is 5.16 Å². The van der Waals surface area contributed by atoms with E-state index in [9.17, 15) is 4.39 Å². The predicted molar refractivity (Wildman–Crippen MR) is 78.1 cm³/mol. The quantitative estimate of drug-likeness (QED) is 0.495. The van der Waals surface area contributed by atoms with Crippen LogP contribution >= 0.6 is 0 Å². The van der Waals surface area contributed by atoms with E-state index in [1.165, 1.54) is 6.07 Å². The van der Waals surface area contributed by atoms with Crippen LogP contribution in [0.15, 0.2) is 17.3 Å². The van der Waals surface area contributed by atoms with Crippen molar-refractivity contribution in [2.45, 2.75) is 46.4 Å². The van der Waals surface area contributed by atoms with Gasteiger partial charge in [-0.3, -0.25) is 4.90 Å². The van der Waals surface area contributed by atoms with Gasteiger partial charge in [0.1, 0.15) is 11.6 Å². The first-order chi connectivity index (χ1) is 9.36. The van der Waals surface area contributed by atoms with E-state index in [2.05, 4.69) is 23.9 Å². The predicted octanol–water partition coefficient (Wildman–Crippen LogP) is 3.26. The lowest BCUT2D eigenvalue weighted by molar-refractivity contribution is 0.225. The van der Waals surface area contributed by atoms with Gasteiger partial charge >= 0.3 is 0 Å². The lowest BCUT2D eigenvalue weighted by Crippen LogP contribution is -2.27. The van der Waals surface area contributed by atoms with Crippen molar-refractivity contribution in [1.82, 2.24) is 4.90 Å². The van der Waals surface area contributed by atoms with E-state index in [1.54, 1.807) is 6.07 Å². The number of oxime groups is 1. The molecule has 1 N–H and O–H groups in total. The summed E-state index contributed by atoms with van der Waals surface area (Å²) in [7, 11) is 1.95. The van der Waals surface area contributed by atoms with Gasteiger partial charge in [-0.25, -0.2) is 4.39 Å². The fourth-order valence-electron chi connectivity index (χ4n) is 1.77. The summed E-state index contributed by atoms with van der Waals surface area (Å²) in [6.45, 7) is 8.46. The second-order valence-corrected chi connectivity index (χ2v) is 5.36. The molecule has 0 radical (unpaired) electrons. The SMILES string of the molecule is CC(C)Oc1ccc(F)c(/C=N/O)c1CN(C)C(C)C. The molecule has 0 aliphatic carbocycles. The van der Waals surface area contributed by atoms with Gasteiger partial charge in [0.05, 0.1) is 12.3 Å². The van der Waals surface area contributed by atoms with Gasteiger partial charge in [-0.2, -0.15) is 0 Å². The molecule has 0 unspecified atom stereocenters. The molecule has 1 aromatic rings. The zero-order chi connectivity index (χ0) is 15.3. The fourth-order valence-corrected chi connectivity index (χ4v) is 1.77. The molecular weight excluding hydrogens is 259 g/mol. The zero-order valence-corrected chi connectivity index (χ0v) is 12.7. The van der Waals surface area contributed by atoms with E-state index in [1.807, 2.05) is 20.9 Å². The molecule has 4 nitrogen and oxygen atoms in total. The zero-order valence-electron chi connectivity index (χ0n) is 12.7. The molecular formula is C15H23FN2O2. The molecule has 0 saturated carbocycles. The molecule has 0 spiro atoms. The average molecular weight is 282 g/mol. The van der Waals surface area contributed by atoms with Crippen LogP contribution in [0.3, 0.4) is 0 Å². The third-order valence-electron chi connectivity index (χ3n) is 3.10. The van der Waals surface area contributed by atoms with Crippen LogP contribution in [0, 0.1) is 5.82 Å². The topological polar surface area (TPSA) is 45.1 Å². The van der Waals surface area contributed by atoms with E-state index in [4.69, 9.17) is 9.94 Å². The van der Waals surface area contributed by atoms with Gasteiger partial charge in [-0.05, 0) is 46.9 Å². The smallest absolute Gasteiger partial charge is 0.132 e. The molecule has 0 amide bonds. The average Bonchev–Trinajstić information content (AvgIpc) is 2.36. The normalized spacial score (nSPS) is 12.1. The molecule has 0 aliphatic heterocycles. The molecule has 0 aromatic heterocycles. The molecule has 5 heteroatoms. The molecule has 0 heterocycles. The Morgan fingerprint density at radius 2 is 2.00 bits per heavy atom. The largest absolute Gasteiger partial charge is 0.491 e. The number of ether oxygens (including phenoxy) is 1. The van der Waals surface area contributed by atoms with Crippen molar-refractivity contribution < 1.29 is 14.3 Å². The van der Waals surface area contributed by atoms with Gasteiger partial charge in [-0.15, -0.1) is 0 Å². The standard InChI is InChI=1S/C15H23FN2O2/c1-10(2)18(5)9-13-12(8-17-19)14(16)6-7-15(13)20-11(3)4/h6-8,10-11,19H,9H2,1-5H3/b17-8+. The molecule has 0 fully saturated rings. The Morgan fingerprint density at radius 1 is 1.35 bits per heavy atom.